The Balaban J connectivity index is 1.32. The Morgan fingerprint density at radius 3 is 2.49 bits per heavy atom. The molecule has 1 amide bonds. The number of fused-ring (bicyclic) bond motifs is 1. The maximum atomic E-state index is 13.1. The molecule has 1 aromatic heterocycles. The Hall–Kier alpha value is -3.07. The average Bonchev–Trinajstić information content (AvgIpc) is 3.43. The van der Waals surface area contributed by atoms with Gasteiger partial charge >= 0.3 is 0 Å². The van der Waals surface area contributed by atoms with E-state index in [-0.39, 0.29) is 11.9 Å². The molecule has 0 radical (unpaired) electrons. The molecule has 0 aliphatic carbocycles. The fourth-order valence-corrected chi connectivity index (χ4v) is 5.79. The zero-order valence-electron chi connectivity index (χ0n) is 20.2. The number of amides is 1. The summed E-state index contributed by atoms with van der Waals surface area (Å²) in [5.74, 6) is 1.43. The molecular weight excluding hydrogens is 462 g/mol. The Morgan fingerprint density at radius 2 is 1.80 bits per heavy atom. The Bertz CT molecular complexity index is 1140. The van der Waals surface area contributed by atoms with Gasteiger partial charge in [-0.2, -0.15) is 0 Å². The van der Waals surface area contributed by atoms with Crippen molar-refractivity contribution < 1.29 is 19.0 Å². The van der Waals surface area contributed by atoms with Gasteiger partial charge in [-0.05, 0) is 65.4 Å². The van der Waals surface area contributed by atoms with Crippen molar-refractivity contribution in [1.82, 2.24) is 4.90 Å². The van der Waals surface area contributed by atoms with Gasteiger partial charge in [0.25, 0.3) is 0 Å². The van der Waals surface area contributed by atoms with Gasteiger partial charge in [0.15, 0.2) is 11.5 Å². The minimum Gasteiger partial charge on any atom is -0.493 e. The highest BCUT2D eigenvalue weighted by Crippen LogP contribution is 2.42. The summed E-state index contributed by atoms with van der Waals surface area (Å²) < 4.78 is 16.5. The molecule has 8 heteroatoms. The third kappa shape index (κ3) is 5.15. The van der Waals surface area contributed by atoms with Crippen molar-refractivity contribution >= 4 is 28.6 Å². The predicted octanol–water partition coefficient (Wildman–Crippen LogP) is 4.19. The molecule has 0 spiro atoms. The van der Waals surface area contributed by atoms with Crippen LogP contribution in [-0.4, -0.2) is 64.4 Å². The quantitative estimate of drug-likeness (QED) is 0.533. The number of thiophene rings is 1. The summed E-state index contributed by atoms with van der Waals surface area (Å²) in [6.45, 7) is 4.38. The number of nitrogens with zero attached hydrogens (tertiary/aromatic N) is 2. The van der Waals surface area contributed by atoms with E-state index in [1.165, 1.54) is 16.0 Å². The van der Waals surface area contributed by atoms with Crippen molar-refractivity contribution in [2.45, 2.75) is 12.5 Å². The van der Waals surface area contributed by atoms with Gasteiger partial charge in [0.05, 0.1) is 40.0 Å². The van der Waals surface area contributed by atoms with Crippen LogP contribution < -0.4 is 19.7 Å². The Kier molecular flexibility index (Phi) is 7.22. The number of benzene rings is 2. The molecule has 0 saturated carbocycles. The standard InChI is InChI=1S/C27H31N3O4S/c1-32-23-16-19-9-10-30(27(25-4-3-15-35-25)22(19)17-24(23)33-2)18-26(31)28-20-5-7-21(8-6-20)29-11-13-34-14-12-29/h3-8,15-17,27H,9-14,18H2,1-2H3,(H,28,31). The van der Waals surface area contributed by atoms with Crippen LogP contribution in [0.4, 0.5) is 11.4 Å². The number of nitrogens with one attached hydrogen (secondary N) is 1. The number of carbonyl (C=O) groups excluding carboxylic acids is 1. The molecule has 1 unspecified atom stereocenters. The fourth-order valence-electron chi connectivity index (χ4n) is 4.91. The minimum atomic E-state index is -0.0189. The largest absolute Gasteiger partial charge is 0.493 e. The van der Waals surface area contributed by atoms with Crippen LogP contribution in [0.2, 0.25) is 0 Å². The molecule has 1 fully saturated rings. The zero-order chi connectivity index (χ0) is 24.2. The van der Waals surface area contributed by atoms with Crippen LogP contribution in [0.1, 0.15) is 22.0 Å². The SMILES string of the molecule is COc1cc2c(cc1OC)C(c1cccs1)N(CC(=O)Nc1ccc(N3CCOCC3)cc1)CC2. The number of methoxy groups -OCH3 is 2. The second-order valence-corrected chi connectivity index (χ2v) is 9.72. The van der Waals surface area contributed by atoms with E-state index >= 15 is 0 Å². The minimum absolute atomic E-state index is 0.00648. The van der Waals surface area contributed by atoms with E-state index in [1.807, 2.05) is 12.1 Å². The van der Waals surface area contributed by atoms with Crippen molar-refractivity contribution in [3.8, 4) is 11.5 Å². The lowest BCUT2D eigenvalue weighted by molar-refractivity contribution is -0.117. The molecule has 35 heavy (non-hydrogen) atoms. The van der Waals surface area contributed by atoms with Gasteiger partial charge in [0.2, 0.25) is 5.91 Å². The van der Waals surface area contributed by atoms with Gasteiger partial charge in [0, 0.05) is 35.9 Å². The molecule has 1 atom stereocenters. The highest BCUT2D eigenvalue weighted by Gasteiger charge is 2.32. The molecule has 1 N–H and O–H groups in total. The zero-order valence-corrected chi connectivity index (χ0v) is 21.0. The smallest absolute Gasteiger partial charge is 0.238 e. The maximum Gasteiger partial charge on any atom is 0.238 e. The topological polar surface area (TPSA) is 63.3 Å². The highest BCUT2D eigenvalue weighted by atomic mass is 32.1. The number of morpholine rings is 1. The van der Waals surface area contributed by atoms with Gasteiger partial charge < -0.3 is 24.4 Å². The molecule has 2 aromatic carbocycles. The molecule has 2 aliphatic heterocycles. The average molecular weight is 494 g/mol. The van der Waals surface area contributed by atoms with Gasteiger partial charge in [0.1, 0.15) is 0 Å². The van der Waals surface area contributed by atoms with Crippen LogP contribution in [-0.2, 0) is 16.0 Å². The van der Waals surface area contributed by atoms with E-state index in [0.29, 0.717) is 12.3 Å². The molecule has 5 rings (SSSR count). The fraction of sp³-hybridized carbons (Fsp3) is 0.370. The van der Waals surface area contributed by atoms with Crippen molar-refractivity contribution in [2.75, 3.05) is 63.8 Å². The van der Waals surface area contributed by atoms with Gasteiger partial charge in [-0.15, -0.1) is 11.3 Å². The predicted molar refractivity (Wildman–Crippen MR) is 139 cm³/mol. The maximum absolute atomic E-state index is 13.1. The van der Waals surface area contributed by atoms with Gasteiger partial charge in [-0.3, -0.25) is 9.69 Å². The summed E-state index contributed by atoms with van der Waals surface area (Å²) in [5, 5.41) is 5.17. The first-order valence-corrected chi connectivity index (χ1v) is 12.8. The second kappa shape index (κ2) is 10.7. The molecule has 1 saturated heterocycles. The van der Waals surface area contributed by atoms with Crippen molar-refractivity contribution in [3.63, 3.8) is 0 Å². The van der Waals surface area contributed by atoms with Gasteiger partial charge in [-0.25, -0.2) is 0 Å². The number of rotatable bonds is 7. The summed E-state index contributed by atoms with van der Waals surface area (Å²) in [6.07, 6.45) is 0.846. The number of carbonyl (C=O) groups is 1. The molecule has 2 aliphatic rings. The van der Waals surface area contributed by atoms with Crippen LogP contribution in [0.5, 0.6) is 11.5 Å². The number of hydrogen-bond acceptors (Lipinski definition) is 7. The molecule has 3 heterocycles. The van der Waals surface area contributed by atoms with Crippen LogP contribution in [0.3, 0.4) is 0 Å². The van der Waals surface area contributed by atoms with Crippen LogP contribution in [0.25, 0.3) is 0 Å². The second-order valence-electron chi connectivity index (χ2n) is 8.74. The summed E-state index contributed by atoms with van der Waals surface area (Å²) in [5.41, 5.74) is 4.36. The van der Waals surface area contributed by atoms with Crippen molar-refractivity contribution in [2.24, 2.45) is 0 Å². The Morgan fingerprint density at radius 1 is 1.06 bits per heavy atom. The highest BCUT2D eigenvalue weighted by molar-refractivity contribution is 7.10. The molecule has 3 aromatic rings. The first kappa shape index (κ1) is 23.7. The summed E-state index contributed by atoms with van der Waals surface area (Å²) in [6, 6.07) is 16.4. The van der Waals surface area contributed by atoms with E-state index < -0.39 is 0 Å². The number of ether oxygens (including phenoxy) is 3. The van der Waals surface area contributed by atoms with E-state index in [1.54, 1.807) is 25.6 Å². The third-order valence-corrected chi connectivity index (χ3v) is 7.58. The number of hydrogen-bond donors (Lipinski definition) is 1. The monoisotopic (exact) mass is 493 g/mol. The first-order valence-electron chi connectivity index (χ1n) is 11.9. The van der Waals surface area contributed by atoms with Crippen molar-refractivity contribution in [1.29, 1.82) is 0 Å². The van der Waals surface area contributed by atoms with Crippen LogP contribution in [0.15, 0.2) is 53.9 Å². The first-order chi connectivity index (χ1) is 17.2. The molecular formula is C27H31N3O4S. The lowest BCUT2D eigenvalue weighted by Crippen LogP contribution is -2.41. The lowest BCUT2D eigenvalue weighted by Gasteiger charge is -2.37. The molecule has 7 nitrogen and oxygen atoms in total. The van der Waals surface area contributed by atoms with E-state index in [4.69, 9.17) is 14.2 Å². The molecule has 184 valence electrons. The lowest BCUT2D eigenvalue weighted by atomic mass is 9.91. The molecule has 0 bridgehead atoms. The van der Waals surface area contributed by atoms with Crippen molar-refractivity contribution in [3.05, 3.63) is 69.9 Å². The van der Waals surface area contributed by atoms with Crippen LogP contribution >= 0.6 is 11.3 Å². The third-order valence-electron chi connectivity index (χ3n) is 6.66. The Labute approximate surface area is 210 Å². The van der Waals surface area contributed by atoms with E-state index in [9.17, 15) is 4.79 Å². The van der Waals surface area contributed by atoms with E-state index in [0.717, 1.165) is 56.4 Å². The summed E-state index contributed by atoms with van der Waals surface area (Å²) in [4.78, 5) is 18.9. The van der Waals surface area contributed by atoms with Gasteiger partial charge in [-0.1, -0.05) is 6.07 Å². The number of anilines is 2. The summed E-state index contributed by atoms with van der Waals surface area (Å²) in [7, 11) is 3.32. The van der Waals surface area contributed by atoms with E-state index in [2.05, 4.69) is 56.9 Å². The normalized spacial score (nSPS) is 18.1. The summed E-state index contributed by atoms with van der Waals surface area (Å²) >= 11 is 1.71. The van der Waals surface area contributed by atoms with Crippen LogP contribution in [0, 0.1) is 0 Å².